The maximum absolute atomic E-state index is 11.4. The molecule has 0 saturated carbocycles. The lowest BCUT2D eigenvalue weighted by atomic mass is 10.1. The van der Waals surface area contributed by atoms with Gasteiger partial charge in [-0.2, -0.15) is 12.6 Å². The van der Waals surface area contributed by atoms with Crippen molar-refractivity contribution < 1.29 is 9.53 Å². The van der Waals surface area contributed by atoms with Crippen LogP contribution in [-0.2, 0) is 4.74 Å². The predicted molar refractivity (Wildman–Crippen MR) is 59.9 cm³/mol. The minimum atomic E-state index is -0.258. The quantitative estimate of drug-likeness (QED) is 0.469. The predicted octanol–water partition coefficient (Wildman–Crippen LogP) is 2.47. The first kappa shape index (κ1) is 11.1. The minimum Gasteiger partial charge on any atom is -0.462 e. The summed E-state index contributed by atoms with van der Waals surface area (Å²) in [6.07, 6.45) is 0.792. The van der Waals surface area contributed by atoms with E-state index in [0.29, 0.717) is 12.2 Å². The molecule has 0 atom stereocenters. The van der Waals surface area contributed by atoms with Crippen molar-refractivity contribution in [2.45, 2.75) is 13.3 Å². The van der Waals surface area contributed by atoms with Gasteiger partial charge in [0.25, 0.3) is 0 Å². The zero-order chi connectivity index (χ0) is 10.4. The van der Waals surface area contributed by atoms with Crippen LogP contribution in [0.1, 0.15) is 22.3 Å². The number of hydrogen-bond donors (Lipinski definition) is 1. The topological polar surface area (TPSA) is 26.3 Å². The average Bonchev–Trinajstić information content (AvgIpc) is 2.19. The van der Waals surface area contributed by atoms with Crippen LogP contribution in [0.2, 0.25) is 0 Å². The standard InChI is InChI=1S/C11H14O2S/c1-9-3-5-10(6-4-9)11(12)13-7-2-8-14/h3-6,14H,2,7-8H2,1H3. The van der Waals surface area contributed by atoms with Gasteiger partial charge >= 0.3 is 5.97 Å². The molecule has 0 aliphatic carbocycles. The summed E-state index contributed by atoms with van der Waals surface area (Å²) in [5.41, 5.74) is 1.74. The van der Waals surface area contributed by atoms with Crippen molar-refractivity contribution in [3.63, 3.8) is 0 Å². The highest BCUT2D eigenvalue weighted by atomic mass is 32.1. The largest absolute Gasteiger partial charge is 0.462 e. The van der Waals surface area contributed by atoms with Gasteiger partial charge in [0.1, 0.15) is 0 Å². The first-order chi connectivity index (χ1) is 6.74. The minimum absolute atomic E-state index is 0.258. The molecule has 0 aromatic heterocycles. The Labute approximate surface area is 89.7 Å². The van der Waals surface area contributed by atoms with E-state index in [9.17, 15) is 4.79 Å². The number of carbonyl (C=O) groups is 1. The van der Waals surface area contributed by atoms with E-state index in [2.05, 4.69) is 12.6 Å². The van der Waals surface area contributed by atoms with E-state index in [-0.39, 0.29) is 5.97 Å². The lowest BCUT2D eigenvalue weighted by Gasteiger charge is -2.03. The number of aryl methyl sites for hydroxylation is 1. The average molecular weight is 210 g/mol. The number of benzene rings is 1. The van der Waals surface area contributed by atoms with E-state index in [0.717, 1.165) is 17.7 Å². The van der Waals surface area contributed by atoms with Crippen molar-refractivity contribution in [3.8, 4) is 0 Å². The van der Waals surface area contributed by atoms with Gasteiger partial charge < -0.3 is 4.74 Å². The normalized spacial score (nSPS) is 9.86. The Balaban J connectivity index is 2.48. The zero-order valence-corrected chi connectivity index (χ0v) is 9.09. The van der Waals surface area contributed by atoms with E-state index in [1.807, 2.05) is 19.1 Å². The van der Waals surface area contributed by atoms with E-state index < -0.39 is 0 Å². The molecule has 3 heteroatoms. The van der Waals surface area contributed by atoms with Crippen molar-refractivity contribution in [2.75, 3.05) is 12.4 Å². The summed E-state index contributed by atoms with van der Waals surface area (Å²) in [4.78, 5) is 11.4. The lowest BCUT2D eigenvalue weighted by Crippen LogP contribution is -2.06. The van der Waals surface area contributed by atoms with Crippen LogP contribution in [0.3, 0.4) is 0 Å². The summed E-state index contributed by atoms with van der Waals surface area (Å²) >= 11 is 4.03. The smallest absolute Gasteiger partial charge is 0.338 e. The van der Waals surface area contributed by atoms with Gasteiger partial charge in [-0.25, -0.2) is 4.79 Å². The van der Waals surface area contributed by atoms with Gasteiger partial charge in [0, 0.05) is 0 Å². The highest BCUT2D eigenvalue weighted by Gasteiger charge is 2.04. The van der Waals surface area contributed by atoms with Crippen LogP contribution >= 0.6 is 12.6 Å². The van der Waals surface area contributed by atoms with Crippen molar-refractivity contribution in [1.29, 1.82) is 0 Å². The number of hydrogen-bond acceptors (Lipinski definition) is 3. The zero-order valence-electron chi connectivity index (χ0n) is 8.19. The molecule has 1 rings (SSSR count). The fourth-order valence-electron chi connectivity index (χ4n) is 1.00. The molecule has 0 spiro atoms. The van der Waals surface area contributed by atoms with Crippen molar-refractivity contribution >= 4 is 18.6 Å². The summed E-state index contributed by atoms with van der Waals surface area (Å²) in [6.45, 7) is 2.42. The molecule has 0 aliphatic heterocycles. The van der Waals surface area contributed by atoms with Gasteiger partial charge in [-0.15, -0.1) is 0 Å². The van der Waals surface area contributed by atoms with Crippen LogP contribution in [0.15, 0.2) is 24.3 Å². The van der Waals surface area contributed by atoms with Crippen molar-refractivity contribution in [3.05, 3.63) is 35.4 Å². The van der Waals surface area contributed by atoms with Gasteiger partial charge in [0.15, 0.2) is 0 Å². The van der Waals surface area contributed by atoms with Gasteiger partial charge in [-0.05, 0) is 31.2 Å². The van der Waals surface area contributed by atoms with Crippen LogP contribution < -0.4 is 0 Å². The maximum Gasteiger partial charge on any atom is 0.338 e. The molecule has 0 fully saturated rings. The molecular formula is C11H14O2S. The van der Waals surface area contributed by atoms with E-state index >= 15 is 0 Å². The highest BCUT2D eigenvalue weighted by molar-refractivity contribution is 7.80. The van der Waals surface area contributed by atoms with Crippen LogP contribution in [0.25, 0.3) is 0 Å². The molecule has 0 heterocycles. The van der Waals surface area contributed by atoms with Crippen LogP contribution in [0.5, 0.6) is 0 Å². The summed E-state index contributed by atoms with van der Waals surface area (Å²) in [5.74, 6) is 0.480. The third kappa shape index (κ3) is 3.42. The first-order valence-electron chi connectivity index (χ1n) is 4.58. The second-order valence-electron chi connectivity index (χ2n) is 3.08. The third-order valence-corrected chi connectivity index (χ3v) is 2.14. The number of carbonyl (C=O) groups excluding carboxylic acids is 1. The molecular weight excluding hydrogens is 196 g/mol. The van der Waals surface area contributed by atoms with E-state index in [1.165, 1.54) is 0 Å². The van der Waals surface area contributed by atoms with Crippen molar-refractivity contribution in [2.24, 2.45) is 0 Å². The van der Waals surface area contributed by atoms with Gasteiger partial charge in [0.2, 0.25) is 0 Å². The Morgan fingerprint density at radius 1 is 1.36 bits per heavy atom. The second-order valence-corrected chi connectivity index (χ2v) is 3.53. The number of ether oxygens (including phenoxy) is 1. The molecule has 1 aromatic carbocycles. The molecule has 2 nitrogen and oxygen atoms in total. The number of thiol groups is 1. The number of rotatable bonds is 4. The molecule has 0 bridgehead atoms. The Kier molecular flexibility index (Phi) is 4.53. The Bertz CT molecular complexity index is 293. The monoisotopic (exact) mass is 210 g/mol. The number of esters is 1. The Hall–Kier alpha value is -0.960. The third-order valence-electron chi connectivity index (χ3n) is 1.82. The molecule has 0 radical (unpaired) electrons. The Morgan fingerprint density at radius 3 is 2.57 bits per heavy atom. The SMILES string of the molecule is Cc1ccc(C(=O)OCCCS)cc1. The fraction of sp³-hybridized carbons (Fsp3) is 0.364. The van der Waals surface area contributed by atoms with Gasteiger partial charge in [-0.3, -0.25) is 0 Å². The molecule has 14 heavy (non-hydrogen) atoms. The van der Waals surface area contributed by atoms with Crippen LogP contribution in [0, 0.1) is 6.92 Å². The van der Waals surface area contributed by atoms with Crippen molar-refractivity contribution in [1.82, 2.24) is 0 Å². The molecule has 1 aromatic rings. The van der Waals surface area contributed by atoms with Gasteiger partial charge in [-0.1, -0.05) is 17.7 Å². The summed E-state index contributed by atoms with van der Waals surface area (Å²) in [5, 5.41) is 0. The van der Waals surface area contributed by atoms with Crippen LogP contribution in [-0.4, -0.2) is 18.3 Å². The molecule has 0 amide bonds. The maximum atomic E-state index is 11.4. The second kappa shape index (κ2) is 5.70. The fourth-order valence-corrected chi connectivity index (χ4v) is 1.13. The molecule has 0 unspecified atom stereocenters. The van der Waals surface area contributed by atoms with E-state index in [4.69, 9.17) is 4.74 Å². The Morgan fingerprint density at radius 2 is 2.00 bits per heavy atom. The lowest BCUT2D eigenvalue weighted by molar-refractivity contribution is 0.0506. The molecule has 76 valence electrons. The summed E-state index contributed by atoms with van der Waals surface area (Å²) in [7, 11) is 0. The first-order valence-corrected chi connectivity index (χ1v) is 5.22. The van der Waals surface area contributed by atoms with Gasteiger partial charge in [0.05, 0.1) is 12.2 Å². The summed E-state index contributed by atoms with van der Waals surface area (Å²) < 4.78 is 5.02. The molecule has 0 N–H and O–H groups in total. The van der Waals surface area contributed by atoms with E-state index in [1.54, 1.807) is 12.1 Å². The van der Waals surface area contributed by atoms with Crippen LogP contribution in [0.4, 0.5) is 0 Å². The highest BCUT2D eigenvalue weighted by Crippen LogP contribution is 2.05. The molecule has 0 aliphatic rings. The molecule has 0 saturated heterocycles. The summed E-state index contributed by atoms with van der Waals surface area (Å²) in [6, 6.07) is 7.35.